The van der Waals surface area contributed by atoms with Crippen LogP contribution in [0.3, 0.4) is 0 Å². The zero-order valence-electron chi connectivity index (χ0n) is 20.1. The summed E-state index contributed by atoms with van der Waals surface area (Å²) in [5.41, 5.74) is 1.50. The van der Waals surface area contributed by atoms with E-state index in [1.165, 1.54) is 4.90 Å². The van der Waals surface area contributed by atoms with Crippen molar-refractivity contribution in [1.82, 2.24) is 10.2 Å². The number of carbonyl (C=O) groups is 3. The molecular weight excluding hydrogens is 422 g/mol. The van der Waals surface area contributed by atoms with Gasteiger partial charge in [-0.1, -0.05) is 32.0 Å². The molecule has 8 heteroatoms. The second kappa shape index (κ2) is 8.72. The van der Waals surface area contributed by atoms with Gasteiger partial charge < -0.3 is 25.4 Å². The van der Waals surface area contributed by atoms with Gasteiger partial charge in [0.05, 0.1) is 30.6 Å². The van der Waals surface area contributed by atoms with Crippen LogP contribution in [-0.4, -0.2) is 65.2 Å². The summed E-state index contributed by atoms with van der Waals surface area (Å²) in [7, 11) is 1.55. The Hall–Kier alpha value is -2.45. The van der Waals surface area contributed by atoms with E-state index in [0.29, 0.717) is 19.3 Å². The first-order valence-electron chi connectivity index (χ1n) is 11.9. The van der Waals surface area contributed by atoms with Crippen LogP contribution in [0.2, 0.25) is 0 Å². The van der Waals surface area contributed by atoms with Gasteiger partial charge in [-0.3, -0.25) is 14.4 Å². The molecule has 1 spiro atoms. The summed E-state index contributed by atoms with van der Waals surface area (Å²) >= 11 is 0. The fourth-order valence-corrected chi connectivity index (χ4v) is 6.27. The normalized spacial score (nSPS) is 31.1. The van der Waals surface area contributed by atoms with E-state index >= 15 is 0 Å². The Labute approximate surface area is 195 Å². The van der Waals surface area contributed by atoms with Crippen LogP contribution in [0.15, 0.2) is 18.2 Å². The number of aryl methyl sites for hydroxylation is 2. The van der Waals surface area contributed by atoms with Crippen molar-refractivity contribution in [3.63, 3.8) is 0 Å². The first kappa shape index (κ1) is 23.7. The van der Waals surface area contributed by atoms with Gasteiger partial charge in [0.1, 0.15) is 11.6 Å². The van der Waals surface area contributed by atoms with E-state index in [1.54, 1.807) is 7.05 Å². The molecule has 0 radical (unpaired) electrons. The Kier molecular flexibility index (Phi) is 6.26. The highest BCUT2D eigenvalue weighted by Gasteiger charge is 2.75. The Morgan fingerprint density at radius 2 is 1.91 bits per heavy atom. The number of carbonyl (C=O) groups excluding carboxylic acids is 3. The molecule has 1 aromatic rings. The second-order valence-electron chi connectivity index (χ2n) is 10.1. The highest BCUT2D eigenvalue weighted by molar-refractivity contribution is 6.04. The van der Waals surface area contributed by atoms with Crippen LogP contribution in [0.25, 0.3) is 0 Å². The zero-order valence-corrected chi connectivity index (χ0v) is 20.1. The van der Waals surface area contributed by atoms with Crippen molar-refractivity contribution in [3.05, 3.63) is 29.3 Å². The number of ether oxygens (including phenoxy) is 1. The van der Waals surface area contributed by atoms with Crippen molar-refractivity contribution in [2.24, 2.45) is 17.8 Å². The highest BCUT2D eigenvalue weighted by Crippen LogP contribution is 2.59. The number of aliphatic hydroxyl groups is 1. The minimum absolute atomic E-state index is 0.210. The van der Waals surface area contributed by atoms with Crippen LogP contribution < -0.4 is 10.6 Å². The maximum Gasteiger partial charge on any atom is 0.250 e. The van der Waals surface area contributed by atoms with Crippen molar-refractivity contribution < 1.29 is 24.2 Å². The van der Waals surface area contributed by atoms with E-state index in [0.717, 1.165) is 16.8 Å². The largest absolute Gasteiger partial charge is 0.394 e. The number of likely N-dealkylation sites (tertiary alicyclic amines) is 1. The molecule has 3 aliphatic heterocycles. The molecule has 4 rings (SSSR count). The molecule has 6 atom stereocenters. The minimum atomic E-state index is -1.07. The van der Waals surface area contributed by atoms with Gasteiger partial charge in [-0.05, 0) is 50.2 Å². The van der Waals surface area contributed by atoms with Gasteiger partial charge in [0.15, 0.2) is 0 Å². The Morgan fingerprint density at radius 3 is 2.48 bits per heavy atom. The summed E-state index contributed by atoms with van der Waals surface area (Å²) in [6, 6.07) is 4.34. The van der Waals surface area contributed by atoms with E-state index in [9.17, 15) is 19.5 Å². The lowest BCUT2D eigenvalue weighted by atomic mass is 9.70. The fourth-order valence-electron chi connectivity index (χ4n) is 6.27. The number of hydrogen-bond donors (Lipinski definition) is 3. The zero-order chi connectivity index (χ0) is 24.1. The molecule has 0 aromatic heterocycles. The van der Waals surface area contributed by atoms with Crippen molar-refractivity contribution in [1.29, 1.82) is 0 Å². The molecule has 0 saturated carbocycles. The monoisotopic (exact) mass is 457 g/mol. The highest BCUT2D eigenvalue weighted by atomic mass is 16.5. The third kappa shape index (κ3) is 3.64. The van der Waals surface area contributed by atoms with Gasteiger partial charge in [0.25, 0.3) is 0 Å². The van der Waals surface area contributed by atoms with Crippen LogP contribution in [0.4, 0.5) is 5.69 Å². The SMILES string of the molecule is CNC(=O)[C@@H]1[C@@H]2CCC3(O2)C(C(=O)Nc2c(C)cccc2C)N([C@@H](CO)CC(C)C)C(=O)[C@H]13. The summed E-state index contributed by atoms with van der Waals surface area (Å²) in [5, 5.41) is 16.0. The lowest BCUT2D eigenvalue weighted by molar-refractivity contribution is -0.144. The molecule has 180 valence electrons. The quantitative estimate of drug-likeness (QED) is 0.578. The number of benzene rings is 1. The van der Waals surface area contributed by atoms with Crippen LogP contribution in [0.1, 0.15) is 44.2 Å². The number of anilines is 1. The number of nitrogens with one attached hydrogen (secondary N) is 2. The van der Waals surface area contributed by atoms with Crippen molar-refractivity contribution in [2.45, 2.75) is 70.7 Å². The lowest BCUT2D eigenvalue weighted by Gasteiger charge is -2.37. The molecule has 3 saturated heterocycles. The Bertz CT molecular complexity index is 943. The molecule has 3 amide bonds. The molecule has 3 N–H and O–H groups in total. The predicted octanol–water partition coefficient (Wildman–Crippen LogP) is 1.77. The average molecular weight is 458 g/mol. The third-order valence-electron chi connectivity index (χ3n) is 7.61. The number of rotatable bonds is 7. The summed E-state index contributed by atoms with van der Waals surface area (Å²) in [6.45, 7) is 7.63. The van der Waals surface area contributed by atoms with Crippen LogP contribution in [0, 0.1) is 31.6 Å². The van der Waals surface area contributed by atoms with Crippen molar-refractivity contribution in [2.75, 3.05) is 19.0 Å². The Morgan fingerprint density at radius 1 is 1.24 bits per heavy atom. The second-order valence-corrected chi connectivity index (χ2v) is 10.1. The molecule has 3 fully saturated rings. The molecule has 3 heterocycles. The number of nitrogens with zero attached hydrogens (tertiary/aromatic N) is 1. The van der Waals surface area contributed by atoms with Crippen molar-refractivity contribution >= 4 is 23.4 Å². The maximum absolute atomic E-state index is 13.9. The number of aliphatic hydroxyl groups excluding tert-OH is 1. The first-order chi connectivity index (χ1) is 15.7. The van der Waals surface area contributed by atoms with E-state index in [1.807, 2.05) is 45.9 Å². The van der Waals surface area contributed by atoms with Gasteiger partial charge in [-0.2, -0.15) is 0 Å². The summed E-state index contributed by atoms with van der Waals surface area (Å²) in [4.78, 5) is 42.0. The van der Waals surface area contributed by atoms with Crippen molar-refractivity contribution in [3.8, 4) is 0 Å². The standard InChI is InChI=1S/C25H35N3O5/c1-13(2)11-16(12-29)28-21(23(31)27-20-14(3)7-6-8-15(20)4)25-10-9-17(33-25)18(22(30)26-5)19(25)24(28)32/h6-8,13,16-19,21,29H,9-12H2,1-5H3,(H,26,30)(H,27,31)/t16-,17+,18-,19+,21?,25?/m1/s1. The summed E-state index contributed by atoms with van der Waals surface area (Å²) in [5.74, 6) is -1.99. The summed E-state index contributed by atoms with van der Waals surface area (Å²) < 4.78 is 6.39. The van der Waals surface area contributed by atoms with Crippen LogP contribution in [-0.2, 0) is 19.1 Å². The van der Waals surface area contributed by atoms with Gasteiger partial charge >= 0.3 is 0 Å². The van der Waals surface area contributed by atoms with Gasteiger partial charge in [-0.25, -0.2) is 0 Å². The predicted molar refractivity (Wildman–Crippen MR) is 123 cm³/mol. The van der Waals surface area contributed by atoms with Gasteiger partial charge in [0, 0.05) is 12.7 Å². The molecule has 1 aromatic carbocycles. The first-order valence-corrected chi connectivity index (χ1v) is 11.9. The molecular formula is C25H35N3O5. The van der Waals surface area contributed by atoms with E-state index < -0.39 is 29.5 Å². The molecule has 33 heavy (non-hydrogen) atoms. The van der Waals surface area contributed by atoms with Crippen LogP contribution in [0.5, 0.6) is 0 Å². The third-order valence-corrected chi connectivity index (χ3v) is 7.61. The van der Waals surface area contributed by atoms with E-state index in [-0.39, 0.29) is 36.4 Å². The molecule has 0 aliphatic carbocycles. The van der Waals surface area contributed by atoms with Crippen LogP contribution >= 0.6 is 0 Å². The number of fused-ring (bicyclic) bond motifs is 1. The minimum Gasteiger partial charge on any atom is -0.394 e. The maximum atomic E-state index is 13.9. The fraction of sp³-hybridized carbons (Fsp3) is 0.640. The molecule has 2 bridgehead atoms. The molecule has 3 aliphatic rings. The number of amides is 3. The average Bonchev–Trinajstić information content (AvgIpc) is 3.41. The summed E-state index contributed by atoms with van der Waals surface area (Å²) in [6.07, 6.45) is 1.32. The Balaban J connectivity index is 1.78. The lowest BCUT2D eigenvalue weighted by Crippen LogP contribution is -2.56. The molecule has 2 unspecified atom stereocenters. The number of hydrogen-bond acceptors (Lipinski definition) is 5. The topological polar surface area (TPSA) is 108 Å². The van der Waals surface area contributed by atoms with Gasteiger partial charge in [0.2, 0.25) is 17.7 Å². The molecule has 8 nitrogen and oxygen atoms in total. The van der Waals surface area contributed by atoms with Gasteiger partial charge in [-0.15, -0.1) is 0 Å². The smallest absolute Gasteiger partial charge is 0.250 e. The van der Waals surface area contributed by atoms with E-state index in [4.69, 9.17) is 4.74 Å². The number of para-hydroxylation sites is 1. The van der Waals surface area contributed by atoms with E-state index in [2.05, 4.69) is 10.6 Å².